The Hall–Kier alpha value is -4.25. The molecule has 1 fully saturated rings. The number of nitrogens with one attached hydrogen (secondary N) is 1. The summed E-state index contributed by atoms with van der Waals surface area (Å²) in [6, 6.07) is 14.4. The van der Waals surface area contributed by atoms with Crippen LogP contribution in [0.25, 0.3) is 6.08 Å². The van der Waals surface area contributed by atoms with E-state index >= 15 is 0 Å². The van der Waals surface area contributed by atoms with Crippen LogP contribution in [0.3, 0.4) is 0 Å². The van der Waals surface area contributed by atoms with Gasteiger partial charge in [-0.15, -0.1) is 0 Å². The minimum absolute atomic E-state index is 0.134. The predicted molar refractivity (Wildman–Crippen MR) is 125 cm³/mol. The van der Waals surface area contributed by atoms with Gasteiger partial charge in [-0.25, -0.2) is 9.78 Å². The van der Waals surface area contributed by atoms with Gasteiger partial charge in [0.2, 0.25) is 5.88 Å². The monoisotopic (exact) mass is 524 g/mol. The van der Waals surface area contributed by atoms with E-state index < -0.39 is 16.9 Å². The van der Waals surface area contributed by atoms with Gasteiger partial charge in [0.15, 0.2) is 11.5 Å². The molecular weight excluding hydrogens is 508 g/mol. The summed E-state index contributed by atoms with van der Waals surface area (Å²) in [7, 11) is 1.45. The Morgan fingerprint density at radius 1 is 1.12 bits per heavy atom. The zero-order valence-electron chi connectivity index (χ0n) is 17.7. The van der Waals surface area contributed by atoms with E-state index in [1.54, 1.807) is 18.2 Å². The first-order valence-electron chi connectivity index (χ1n) is 9.89. The number of hydrogen-bond acceptors (Lipinski definition) is 7. The van der Waals surface area contributed by atoms with Gasteiger partial charge in [-0.05, 0) is 41.5 Å². The molecule has 172 valence electrons. The highest BCUT2D eigenvalue weighted by Gasteiger charge is 2.33. The third-order valence-electron chi connectivity index (χ3n) is 4.86. The van der Waals surface area contributed by atoms with Crippen LogP contribution in [-0.2, 0) is 11.3 Å². The van der Waals surface area contributed by atoms with E-state index in [-0.39, 0.29) is 23.8 Å². The molecule has 3 amide bonds. The lowest BCUT2D eigenvalue weighted by Gasteiger charge is -2.12. The smallest absolute Gasteiger partial charge is 0.329 e. The molecule has 3 aromatic rings. The molecule has 1 aliphatic rings. The van der Waals surface area contributed by atoms with Crippen LogP contribution in [0.15, 0.2) is 71.0 Å². The van der Waals surface area contributed by atoms with Crippen LogP contribution in [0.1, 0.15) is 11.1 Å². The van der Waals surface area contributed by atoms with Crippen molar-refractivity contribution in [2.75, 3.05) is 7.11 Å². The third kappa shape index (κ3) is 5.04. The van der Waals surface area contributed by atoms with Crippen molar-refractivity contribution in [1.29, 1.82) is 0 Å². The minimum atomic E-state index is -0.553. The summed E-state index contributed by atoms with van der Waals surface area (Å²) in [5.74, 6) is 0.377. The van der Waals surface area contributed by atoms with Gasteiger partial charge < -0.3 is 14.8 Å². The van der Waals surface area contributed by atoms with Crippen molar-refractivity contribution >= 4 is 39.6 Å². The first-order valence-corrected chi connectivity index (χ1v) is 10.7. The van der Waals surface area contributed by atoms with Crippen LogP contribution in [0, 0.1) is 10.1 Å². The molecule has 2 heterocycles. The number of aromatic nitrogens is 1. The van der Waals surface area contributed by atoms with Gasteiger partial charge in [0.05, 0.1) is 18.6 Å². The minimum Gasteiger partial charge on any atom is -0.493 e. The fourth-order valence-corrected chi connectivity index (χ4v) is 3.43. The first kappa shape index (κ1) is 22.9. The summed E-state index contributed by atoms with van der Waals surface area (Å²) in [5, 5.41) is 13.4. The number of rotatable bonds is 7. The summed E-state index contributed by atoms with van der Waals surface area (Å²) in [5.41, 5.74) is 1.39. The van der Waals surface area contributed by atoms with Crippen LogP contribution in [0.4, 0.5) is 10.5 Å². The Morgan fingerprint density at radius 3 is 2.53 bits per heavy atom. The maximum atomic E-state index is 12.8. The normalized spacial score (nSPS) is 14.3. The maximum Gasteiger partial charge on any atom is 0.329 e. The summed E-state index contributed by atoms with van der Waals surface area (Å²) < 4.78 is 11.9. The second-order valence-electron chi connectivity index (χ2n) is 7.13. The molecule has 11 heteroatoms. The van der Waals surface area contributed by atoms with E-state index in [4.69, 9.17) is 9.47 Å². The second kappa shape index (κ2) is 9.71. The number of ether oxygens (including phenoxy) is 2. The first-order chi connectivity index (χ1) is 16.3. The molecule has 4 rings (SSSR count). The van der Waals surface area contributed by atoms with Crippen LogP contribution in [-0.4, -0.2) is 33.9 Å². The van der Waals surface area contributed by atoms with Crippen LogP contribution in [0.2, 0.25) is 0 Å². The number of carbonyl (C=O) groups is 2. The highest BCUT2D eigenvalue weighted by atomic mass is 79.9. The molecule has 1 aliphatic heterocycles. The van der Waals surface area contributed by atoms with Crippen molar-refractivity contribution < 1.29 is 24.0 Å². The molecule has 0 unspecified atom stereocenters. The number of methoxy groups -OCH3 is 1. The summed E-state index contributed by atoms with van der Waals surface area (Å²) in [4.78, 5) is 40.4. The number of amides is 3. The lowest BCUT2D eigenvalue weighted by Crippen LogP contribution is -2.30. The molecular formula is C23H17BrN4O6. The van der Waals surface area contributed by atoms with Crippen molar-refractivity contribution in [3.63, 3.8) is 0 Å². The zero-order valence-corrected chi connectivity index (χ0v) is 19.3. The van der Waals surface area contributed by atoms with Gasteiger partial charge in [0.1, 0.15) is 11.9 Å². The highest BCUT2D eigenvalue weighted by Crippen LogP contribution is 2.33. The molecule has 0 saturated carbocycles. The number of hydrogen-bond donors (Lipinski definition) is 1. The van der Waals surface area contributed by atoms with Gasteiger partial charge in [-0.2, -0.15) is 0 Å². The Balaban J connectivity index is 1.51. The topological polar surface area (TPSA) is 124 Å². The average molecular weight is 525 g/mol. The van der Waals surface area contributed by atoms with Crippen LogP contribution < -0.4 is 14.8 Å². The standard InChI is InChI=1S/C23H17BrN4O6/c1-33-20-11-15(4-8-19(20)34-21-9-7-17(12-25-21)28(31)32)10-18-22(29)27(23(30)26-18)13-14-2-5-16(24)6-3-14/h2-12H,13H2,1H3,(H,26,30)/b18-10-. The molecule has 0 bridgehead atoms. The highest BCUT2D eigenvalue weighted by molar-refractivity contribution is 9.10. The number of imide groups is 1. The van der Waals surface area contributed by atoms with Crippen molar-refractivity contribution in [3.05, 3.63) is 92.2 Å². The Labute approximate surface area is 202 Å². The SMILES string of the molecule is COc1cc(/C=C2\NC(=O)N(Cc3ccc(Br)cc3)C2=O)ccc1Oc1ccc([N+](=O)[O-])cn1. The lowest BCUT2D eigenvalue weighted by atomic mass is 10.1. The summed E-state index contributed by atoms with van der Waals surface area (Å²) >= 11 is 3.36. The van der Waals surface area contributed by atoms with Gasteiger partial charge in [-0.3, -0.25) is 19.8 Å². The molecule has 1 aromatic heterocycles. The van der Waals surface area contributed by atoms with Crippen molar-refractivity contribution in [2.45, 2.75) is 6.54 Å². The van der Waals surface area contributed by atoms with E-state index in [2.05, 4.69) is 26.2 Å². The number of pyridine rings is 1. The molecule has 2 aromatic carbocycles. The lowest BCUT2D eigenvalue weighted by molar-refractivity contribution is -0.385. The van der Waals surface area contributed by atoms with Crippen molar-refractivity contribution in [2.24, 2.45) is 0 Å². The van der Waals surface area contributed by atoms with E-state index in [9.17, 15) is 19.7 Å². The number of benzene rings is 2. The molecule has 10 nitrogen and oxygen atoms in total. The van der Waals surface area contributed by atoms with E-state index in [0.29, 0.717) is 17.1 Å². The molecule has 34 heavy (non-hydrogen) atoms. The molecule has 1 saturated heterocycles. The molecule has 1 N–H and O–H groups in total. The predicted octanol–water partition coefficient (Wildman–Crippen LogP) is 4.65. The Kier molecular flexibility index (Phi) is 6.55. The van der Waals surface area contributed by atoms with E-state index in [1.165, 1.54) is 25.3 Å². The number of nitro groups is 1. The fraction of sp³-hybridized carbons (Fsp3) is 0.0870. The van der Waals surface area contributed by atoms with Crippen molar-refractivity contribution in [1.82, 2.24) is 15.2 Å². The van der Waals surface area contributed by atoms with Crippen LogP contribution in [0.5, 0.6) is 17.4 Å². The largest absolute Gasteiger partial charge is 0.493 e. The molecule has 0 aliphatic carbocycles. The molecule has 0 spiro atoms. The third-order valence-corrected chi connectivity index (χ3v) is 5.39. The Bertz CT molecular complexity index is 1290. The molecule has 0 atom stereocenters. The van der Waals surface area contributed by atoms with Gasteiger partial charge >= 0.3 is 6.03 Å². The summed E-state index contributed by atoms with van der Waals surface area (Å²) in [6.07, 6.45) is 2.63. The average Bonchev–Trinajstić information content (AvgIpc) is 3.09. The number of carbonyl (C=O) groups excluding carboxylic acids is 2. The number of nitrogens with zero attached hydrogens (tertiary/aromatic N) is 3. The summed E-state index contributed by atoms with van der Waals surface area (Å²) in [6.45, 7) is 0.146. The van der Waals surface area contributed by atoms with Gasteiger partial charge in [-0.1, -0.05) is 34.1 Å². The number of urea groups is 1. The number of halogens is 1. The second-order valence-corrected chi connectivity index (χ2v) is 8.05. The van der Waals surface area contributed by atoms with Crippen LogP contribution >= 0.6 is 15.9 Å². The van der Waals surface area contributed by atoms with E-state index in [1.807, 2.05) is 24.3 Å². The van der Waals surface area contributed by atoms with Gasteiger partial charge in [0.25, 0.3) is 11.6 Å². The zero-order chi connectivity index (χ0) is 24.2. The van der Waals surface area contributed by atoms with E-state index in [0.717, 1.165) is 21.1 Å². The molecule has 0 radical (unpaired) electrons. The maximum absolute atomic E-state index is 12.8. The fourth-order valence-electron chi connectivity index (χ4n) is 3.17. The van der Waals surface area contributed by atoms with Crippen molar-refractivity contribution in [3.8, 4) is 17.4 Å². The quantitative estimate of drug-likeness (QED) is 0.206. The Morgan fingerprint density at radius 2 is 1.88 bits per heavy atom. The van der Waals surface area contributed by atoms with Gasteiger partial charge in [0, 0.05) is 16.6 Å².